The van der Waals surface area contributed by atoms with Crippen LogP contribution in [0.15, 0.2) is 48.8 Å². The molecule has 1 saturated heterocycles. The highest BCUT2D eigenvalue weighted by molar-refractivity contribution is 7.91. The highest BCUT2D eigenvalue weighted by Crippen LogP contribution is 2.27. The van der Waals surface area contributed by atoms with Crippen LogP contribution in [-0.2, 0) is 21.1 Å². The number of amides is 1. The number of rotatable bonds is 5. The maximum atomic E-state index is 13.2. The zero-order valence-electron chi connectivity index (χ0n) is 14.5. The summed E-state index contributed by atoms with van der Waals surface area (Å²) in [4.78, 5) is 18.8. The number of pyridine rings is 1. The summed E-state index contributed by atoms with van der Waals surface area (Å²) >= 11 is 5.98. The molecule has 7 heteroatoms. The van der Waals surface area contributed by atoms with Gasteiger partial charge in [-0.1, -0.05) is 23.7 Å². The first-order valence-corrected chi connectivity index (χ1v) is 10.7. The minimum absolute atomic E-state index is 0.0395. The second kappa shape index (κ2) is 7.76. The summed E-state index contributed by atoms with van der Waals surface area (Å²) in [7, 11) is -1.35. The fourth-order valence-corrected chi connectivity index (χ4v) is 5.20. The predicted molar refractivity (Wildman–Crippen MR) is 102 cm³/mol. The molecule has 2 unspecified atom stereocenters. The SMILES string of the molecule is CN(C(=O)C(Cc1ccncc1)c1ccc(Cl)cc1)C1CCS(=O)(=O)C1. The van der Waals surface area contributed by atoms with Crippen LogP contribution in [0.1, 0.15) is 23.5 Å². The van der Waals surface area contributed by atoms with Crippen LogP contribution in [0.5, 0.6) is 0 Å². The molecule has 0 radical (unpaired) electrons. The van der Waals surface area contributed by atoms with Crippen LogP contribution in [0, 0.1) is 0 Å². The molecule has 0 saturated carbocycles. The quantitative estimate of drug-likeness (QED) is 0.784. The van der Waals surface area contributed by atoms with Crippen LogP contribution >= 0.6 is 11.6 Å². The maximum Gasteiger partial charge on any atom is 0.230 e. The van der Waals surface area contributed by atoms with E-state index in [1.807, 2.05) is 24.3 Å². The van der Waals surface area contributed by atoms with E-state index in [4.69, 9.17) is 11.6 Å². The zero-order chi connectivity index (χ0) is 18.7. The Bertz CT molecular complexity index is 869. The van der Waals surface area contributed by atoms with Crippen LogP contribution in [0.25, 0.3) is 0 Å². The molecule has 26 heavy (non-hydrogen) atoms. The Kier molecular flexibility index (Phi) is 5.63. The number of benzene rings is 1. The average Bonchev–Trinajstić information content (AvgIpc) is 3.00. The van der Waals surface area contributed by atoms with Crippen molar-refractivity contribution in [2.24, 2.45) is 0 Å². The smallest absolute Gasteiger partial charge is 0.230 e. The van der Waals surface area contributed by atoms with E-state index in [0.717, 1.165) is 11.1 Å². The van der Waals surface area contributed by atoms with Gasteiger partial charge in [0, 0.05) is 30.5 Å². The molecule has 1 aliphatic rings. The van der Waals surface area contributed by atoms with Gasteiger partial charge in [0.25, 0.3) is 0 Å². The number of carbonyl (C=O) groups is 1. The first kappa shape index (κ1) is 18.9. The molecule has 1 amide bonds. The summed E-state index contributed by atoms with van der Waals surface area (Å²) in [6.45, 7) is 0. The average molecular weight is 393 g/mol. The van der Waals surface area contributed by atoms with E-state index in [9.17, 15) is 13.2 Å². The number of carbonyl (C=O) groups excluding carboxylic acids is 1. The monoisotopic (exact) mass is 392 g/mol. The van der Waals surface area contributed by atoms with E-state index < -0.39 is 15.8 Å². The van der Waals surface area contributed by atoms with E-state index in [1.165, 1.54) is 0 Å². The van der Waals surface area contributed by atoms with Crippen molar-refractivity contribution in [1.82, 2.24) is 9.88 Å². The van der Waals surface area contributed by atoms with Crippen molar-refractivity contribution in [2.45, 2.75) is 24.8 Å². The van der Waals surface area contributed by atoms with Gasteiger partial charge in [0.2, 0.25) is 5.91 Å². The Hall–Kier alpha value is -1.92. The maximum absolute atomic E-state index is 13.2. The summed E-state index contributed by atoms with van der Waals surface area (Å²) in [5.74, 6) is -0.294. The number of aromatic nitrogens is 1. The lowest BCUT2D eigenvalue weighted by Gasteiger charge is -2.28. The molecule has 0 bridgehead atoms. The van der Waals surface area contributed by atoms with Crippen molar-refractivity contribution < 1.29 is 13.2 Å². The van der Waals surface area contributed by atoms with Gasteiger partial charge in [0.1, 0.15) is 0 Å². The van der Waals surface area contributed by atoms with Gasteiger partial charge in [0.15, 0.2) is 9.84 Å². The normalized spacial score (nSPS) is 19.8. The van der Waals surface area contributed by atoms with Crippen LogP contribution in [-0.4, -0.2) is 48.8 Å². The largest absolute Gasteiger partial charge is 0.341 e. The first-order chi connectivity index (χ1) is 12.4. The predicted octanol–water partition coefficient (Wildman–Crippen LogP) is 2.71. The summed E-state index contributed by atoms with van der Waals surface area (Å²) in [5, 5.41) is 0.610. The van der Waals surface area contributed by atoms with Crippen LogP contribution in [0.4, 0.5) is 0 Å². The van der Waals surface area contributed by atoms with E-state index in [2.05, 4.69) is 4.98 Å². The Morgan fingerprint density at radius 2 is 1.88 bits per heavy atom. The summed E-state index contributed by atoms with van der Waals surface area (Å²) in [6, 6.07) is 10.7. The lowest BCUT2D eigenvalue weighted by atomic mass is 9.90. The number of likely N-dealkylation sites (N-methyl/N-ethyl adjacent to an activating group) is 1. The number of sulfone groups is 1. The van der Waals surface area contributed by atoms with Crippen molar-refractivity contribution in [3.8, 4) is 0 Å². The van der Waals surface area contributed by atoms with Gasteiger partial charge in [-0.25, -0.2) is 8.42 Å². The molecule has 1 fully saturated rings. The van der Waals surface area contributed by atoms with Gasteiger partial charge in [-0.3, -0.25) is 9.78 Å². The third-order valence-electron chi connectivity index (χ3n) is 4.86. The molecule has 0 N–H and O–H groups in total. The van der Waals surface area contributed by atoms with E-state index in [0.29, 0.717) is 17.9 Å². The fraction of sp³-hybridized carbons (Fsp3) is 0.368. The first-order valence-electron chi connectivity index (χ1n) is 8.47. The molecule has 0 aliphatic carbocycles. The summed E-state index contributed by atoms with van der Waals surface area (Å²) in [6.07, 6.45) is 4.41. The number of hydrogen-bond donors (Lipinski definition) is 0. The van der Waals surface area contributed by atoms with Crippen molar-refractivity contribution in [3.63, 3.8) is 0 Å². The number of halogens is 1. The summed E-state index contributed by atoms with van der Waals surface area (Å²) < 4.78 is 23.6. The van der Waals surface area contributed by atoms with Crippen molar-refractivity contribution in [2.75, 3.05) is 18.6 Å². The van der Waals surface area contributed by atoms with Crippen LogP contribution in [0.3, 0.4) is 0 Å². The third kappa shape index (κ3) is 4.43. The molecule has 0 spiro atoms. The molecule has 2 atom stereocenters. The van der Waals surface area contributed by atoms with E-state index in [1.54, 1.807) is 36.5 Å². The molecule has 138 valence electrons. The number of hydrogen-bond acceptors (Lipinski definition) is 4. The van der Waals surface area contributed by atoms with Gasteiger partial charge >= 0.3 is 0 Å². The van der Waals surface area contributed by atoms with Crippen molar-refractivity contribution in [3.05, 3.63) is 64.9 Å². The highest BCUT2D eigenvalue weighted by atomic mass is 35.5. The Labute approximate surface area is 158 Å². The Balaban J connectivity index is 1.86. The molecule has 5 nitrogen and oxygen atoms in total. The summed E-state index contributed by atoms with van der Waals surface area (Å²) in [5.41, 5.74) is 1.87. The molecular formula is C19H21ClN2O3S. The van der Waals surface area contributed by atoms with Gasteiger partial charge < -0.3 is 4.90 Å². The standard InChI is InChI=1S/C19H21ClN2O3S/c1-22(17-8-11-26(24,25)13-17)19(23)18(12-14-6-9-21-10-7-14)15-2-4-16(20)5-3-15/h2-7,9-10,17-18H,8,11-13H2,1H3. The highest BCUT2D eigenvalue weighted by Gasteiger charge is 2.35. The molecular weight excluding hydrogens is 372 g/mol. The van der Waals surface area contributed by atoms with Crippen LogP contribution in [0.2, 0.25) is 5.02 Å². The lowest BCUT2D eigenvalue weighted by molar-refractivity contribution is -0.133. The zero-order valence-corrected chi connectivity index (χ0v) is 16.1. The minimum atomic E-state index is -3.05. The minimum Gasteiger partial charge on any atom is -0.341 e. The van der Waals surface area contributed by atoms with Crippen LogP contribution < -0.4 is 0 Å². The van der Waals surface area contributed by atoms with E-state index in [-0.39, 0.29) is 23.5 Å². The molecule has 1 aromatic carbocycles. The lowest BCUT2D eigenvalue weighted by Crippen LogP contribution is -2.41. The Morgan fingerprint density at radius 3 is 2.46 bits per heavy atom. The second-order valence-corrected chi connectivity index (χ2v) is 9.33. The van der Waals surface area contributed by atoms with Crippen molar-refractivity contribution in [1.29, 1.82) is 0 Å². The number of nitrogens with zero attached hydrogens (tertiary/aromatic N) is 2. The molecule has 2 aromatic rings. The van der Waals surface area contributed by atoms with Gasteiger partial charge in [-0.05, 0) is 48.2 Å². The molecule has 1 aliphatic heterocycles. The molecule has 2 heterocycles. The topological polar surface area (TPSA) is 67.3 Å². The van der Waals surface area contributed by atoms with Gasteiger partial charge in [0.05, 0.1) is 17.4 Å². The van der Waals surface area contributed by atoms with Gasteiger partial charge in [-0.15, -0.1) is 0 Å². The Morgan fingerprint density at radius 1 is 1.23 bits per heavy atom. The fourth-order valence-electron chi connectivity index (χ4n) is 3.30. The molecule has 1 aromatic heterocycles. The van der Waals surface area contributed by atoms with Gasteiger partial charge in [-0.2, -0.15) is 0 Å². The third-order valence-corrected chi connectivity index (χ3v) is 6.87. The van der Waals surface area contributed by atoms with E-state index >= 15 is 0 Å². The second-order valence-electron chi connectivity index (χ2n) is 6.67. The van der Waals surface area contributed by atoms with Crippen molar-refractivity contribution >= 4 is 27.3 Å². The molecule has 3 rings (SSSR count).